The van der Waals surface area contributed by atoms with Crippen LogP contribution in [0.25, 0.3) is 0 Å². The third-order valence-electron chi connectivity index (χ3n) is 3.33. The summed E-state index contributed by atoms with van der Waals surface area (Å²) in [5.41, 5.74) is 0.550. The van der Waals surface area contributed by atoms with Crippen molar-refractivity contribution in [3.63, 3.8) is 0 Å². The van der Waals surface area contributed by atoms with Crippen LogP contribution in [0.15, 0.2) is 18.2 Å². The van der Waals surface area contributed by atoms with Gasteiger partial charge in [0.1, 0.15) is 17.2 Å². The Hall–Kier alpha value is -2.24. The molecule has 1 aliphatic rings. The zero-order valence-corrected chi connectivity index (χ0v) is 11.7. The highest BCUT2D eigenvalue weighted by molar-refractivity contribution is 6.01. The number of esters is 1. The summed E-state index contributed by atoms with van der Waals surface area (Å²) in [6, 6.07) is 5.27. The van der Waals surface area contributed by atoms with Crippen LogP contribution in [0.5, 0.6) is 11.5 Å². The first-order valence-electron chi connectivity index (χ1n) is 6.21. The zero-order chi connectivity index (χ0) is 14.7. The van der Waals surface area contributed by atoms with Crippen molar-refractivity contribution < 1.29 is 23.8 Å². The van der Waals surface area contributed by atoms with Crippen LogP contribution in [0.4, 0.5) is 5.69 Å². The number of rotatable bonds is 4. The smallest absolute Gasteiger partial charge is 0.311 e. The van der Waals surface area contributed by atoms with E-state index in [0.717, 1.165) is 0 Å². The molecular weight excluding hydrogens is 262 g/mol. The van der Waals surface area contributed by atoms with Crippen molar-refractivity contribution >= 4 is 17.6 Å². The summed E-state index contributed by atoms with van der Waals surface area (Å²) in [5.74, 6) is 0.0754. The monoisotopic (exact) mass is 279 g/mol. The van der Waals surface area contributed by atoms with Gasteiger partial charge in [-0.2, -0.15) is 0 Å². The van der Waals surface area contributed by atoms with E-state index in [4.69, 9.17) is 14.2 Å². The van der Waals surface area contributed by atoms with Crippen LogP contribution in [0, 0.1) is 5.92 Å². The number of benzene rings is 1. The van der Waals surface area contributed by atoms with Gasteiger partial charge in [0.25, 0.3) is 0 Å². The van der Waals surface area contributed by atoms with Crippen LogP contribution in [-0.4, -0.2) is 39.8 Å². The minimum atomic E-state index is -0.456. The van der Waals surface area contributed by atoms with Gasteiger partial charge in [0, 0.05) is 13.0 Å². The summed E-state index contributed by atoms with van der Waals surface area (Å²) in [6.07, 6.45) is 0.133. The van der Waals surface area contributed by atoms with Gasteiger partial charge in [0.2, 0.25) is 5.91 Å². The number of para-hydroxylation sites is 1. The maximum Gasteiger partial charge on any atom is 0.311 e. The lowest BCUT2D eigenvalue weighted by Crippen LogP contribution is -2.27. The van der Waals surface area contributed by atoms with E-state index >= 15 is 0 Å². The summed E-state index contributed by atoms with van der Waals surface area (Å²) < 4.78 is 15.3. The number of amides is 1. The molecule has 0 radical (unpaired) electrons. The maximum atomic E-state index is 12.1. The van der Waals surface area contributed by atoms with Crippen LogP contribution in [0.2, 0.25) is 0 Å². The van der Waals surface area contributed by atoms with E-state index in [2.05, 4.69) is 0 Å². The summed E-state index contributed by atoms with van der Waals surface area (Å²) in [4.78, 5) is 25.2. The standard InChI is InChI=1S/C14H17NO5/c1-18-10-5-4-6-11(19-2)13(10)15-8-9(7-12(15)16)14(17)20-3/h4-6,9H,7-8H2,1-3H3. The number of carbonyl (C=O) groups excluding carboxylic acids is 2. The molecule has 1 amide bonds. The summed E-state index contributed by atoms with van der Waals surface area (Å²) in [6.45, 7) is 0.266. The molecule has 1 fully saturated rings. The number of hydrogen-bond acceptors (Lipinski definition) is 5. The largest absolute Gasteiger partial charge is 0.494 e. The van der Waals surface area contributed by atoms with Crippen molar-refractivity contribution in [2.24, 2.45) is 5.92 Å². The number of methoxy groups -OCH3 is 3. The van der Waals surface area contributed by atoms with Gasteiger partial charge >= 0.3 is 5.97 Å². The fraction of sp³-hybridized carbons (Fsp3) is 0.429. The van der Waals surface area contributed by atoms with Crippen molar-refractivity contribution in [1.29, 1.82) is 0 Å². The Labute approximate surface area is 117 Å². The molecule has 0 aromatic heterocycles. The molecule has 0 N–H and O–H groups in total. The van der Waals surface area contributed by atoms with E-state index in [-0.39, 0.29) is 24.8 Å². The van der Waals surface area contributed by atoms with Crippen LogP contribution in [0.3, 0.4) is 0 Å². The van der Waals surface area contributed by atoms with Gasteiger partial charge in [-0.05, 0) is 12.1 Å². The number of nitrogens with zero attached hydrogens (tertiary/aromatic N) is 1. The highest BCUT2D eigenvalue weighted by Gasteiger charge is 2.38. The molecule has 1 aromatic rings. The Morgan fingerprint density at radius 1 is 1.20 bits per heavy atom. The van der Waals surface area contributed by atoms with Crippen LogP contribution in [0.1, 0.15) is 6.42 Å². The van der Waals surface area contributed by atoms with Crippen LogP contribution < -0.4 is 14.4 Å². The van der Waals surface area contributed by atoms with Crippen molar-refractivity contribution in [3.05, 3.63) is 18.2 Å². The van der Waals surface area contributed by atoms with Gasteiger partial charge in [0.05, 0.1) is 27.2 Å². The first-order valence-corrected chi connectivity index (χ1v) is 6.21. The first-order chi connectivity index (χ1) is 9.62. The van der Waals surface area contributed by atoms with Crippen molar-refractivity contribution in [2.45, 2.75) is 6.42 Å². The highest BCUT2D eigenvalue weighted by Crippen LogP contribution is 2.40. The Balaban J connectivity index is 2.37. The molecule has 1 aromatic carbocycles. The fourth-order valence-electron chi connectivity index (χ4n) is 2.35. The molecule has 0 aliphatic carbocycles. The molecule has 0 saturated carbocycles. The topological polar surface area (TPSA) is 65.1 Å². The minimum absolute atomic E-state index is 0.133. The second-order valence-corrected chi connectivity index (χ2v) is 4.44. The predicted molar refractivity (Wildman–Crippen MR) is 72.0 cm³/mol. The van der Waals surface area contributed by atoms with Gasteiger partial charge in [0.15, 0.2) is 0 Å². The average Bonchev–Trinajstić information content (AvgIpc) is 2.87. The first kappa shape index (κ1) is 14.2. The van der Waals surface area contributed by atoms with Gasteiger partial charge in [-0.15, -0.1) is 0 Å². The molecule has 1 saturated heterocycles. The molecule has 6 nitrogen and oxygen atoms in total. The minimum Gasteiger partial charge on any atom is -0.494 e. The number of hydrogen-bond donors (Lipinski definition) is 0. The summed E-state index contributed by atoms with van der Waals surface area (Å²) >= 11 is 0. The molecule has 1 heterocycles. The van der Waals surface area contributed by atoms with Gasteiger partial charge in [-0.25, -0.2) is 0 Å². The quantitative estimate of drug-likeness (QED) is 0.776. The Morgan fingerprint density at radius 3 is 2.30 bits per heavy atom. The number of anilines is 1. The lowest BCUT2D eigenvalue weighted by molar-refractivity contribution is -0.145. The zero-order valence-electron chi connectivity index (χ0n) is 11.7. The molecule has 0 bridgehead atoms. The fourth-order valence-corrected chi connectivity index (χ4v) is 2.35. The van der Waals surface area contributed by atoms with Gasteiger partial charge in [-0.3, -0.25) is 9.59 Å². The van der Waals surface area contributed by atoms with Crippen LogP contribution in [-0.2, 0) is 14.3 Å². The van der Waals surface area contributed by atoms with Crippen molar-refractivity contribution in [1.82, 2.24) is 0 Å². The van der Waals surface area contributed by atoms with Crippen molar-refractivity contribution in [2.75, 3.05) is 32.8 Å². The van der Waals surface area contributed by atoms with E-state index in [1.165, 1.54) is 26.2 Å². The second kappa shape index (κ2) is 5.81. The predicted octanol–water partition coefficient (Wildman–Crippen LogP) is 1.23. The number of ether oxygens (including phenoxy) is 3. The molecule has 0 spiro atoms. The molecule has 108 valence electrons. The molecule has 1 unspecified atom stereocenters. The Kier molecular flexibility index (Phi) is 4.12. The van der Waals surface area contributed by atoms with Gasteiger partial charge in [-0.1, -0.05) is 6.07 Å². The number of carbonyl (C=O) groups is 2. The van der Waals surface area contributed by atoms with E-state index in [1.807, 2.05) is 0 Å². The molecule has 2 rings (SSSR count). The molecule has 20 heavy (non-hydrogen) atoms. The Bertz CT molecular complexity index is 506. The Morgan fingerprint density at radius 2 is 1.80 bits per heavy atom. The van der Waals surface area contributed by atoms with E-state index in [0.29, 0.717) is 17.2 Å². The van der Waals surface area contributed by atoms with E-state index in [9.17, 15) is 9.59 Å². The maximum absolute atomic E-state index is 12.1. The molecular formula is C14H17NO5. The SMILES string of the molecule is COC(=O)C1CC(=O)N(c2c(OC)cccc2OC)C1. The van der Waals surface area contributed by atoms with E-state index < -0.39 is 5.92 Å². The second-order valence-electron chi connectivity index (χ2n) is 4.44. The molecule has 6 heteroatoms. The third kappa shape index (κ3) is 2.41. The normalized spacial score (nSPS) is 18.1. The van der Waals surface area contributed by atoms with E-state index in [1.54, 1.807) is 18.2 Å². The van der Waals surface area contributed by atoms with Gasteiger partial charge < -0.3 is 19.1 Å². The third-order valence-corrected chi connectivity index (χ3v) is 3.33. The lowest BCUT2D eigenvalue weighted by Gasteiger charge is -2.21. The molecule has 1 aliphatic heterocycles. The van der Waals surface area contributed by atoms with Crippen molar-refractivity contribution in [3.8, 4) is 11.5 Å². The lowest BCUT2D eigenvalue weighted by atomic mass is 10.1. The van der Waals surface area contributed by atoms with Crippen LogP contribution >= 0.6 is 0 Å². The summed E-state index contributed by atoms with van der Waals surface area (Å²) in [5, 5.41) is 0. The average molecular weight is 279 g/mol. The molecule has 1 atom stereocenters. The summed E-state index contributed by atoms with van der Waals surface area (Å²) in [7, 11) is 4.37. The highest BCUT2D eigenvalue weighted by atomic mass is 16.5.